The highest BCUT2D eigenvalue weighted by molar-refractivity contribution is 7.91. The van der Waals surface area contributed by atoms with Gasteiger partial charge in [-0.25, -0.2) is 8.42 Å². The molecule has 1 saturated heterocycles. The van der Waals surface area contributed by atoms with E-state index in [1.54, 1.807) is 7.05 Å². The minimum Gasteiger partial charge on any atom is -0.342 e. The van der Waals surface area contributed by atoms with Crippen LogP contribution in [0.4, 0.5) is 0 Å². The van der Waals surface area contributed by atoms with Crippen LogP contribution >= 0.6 is 11.6 Å². The Morgan fingerprint density at radius 2 is 2.21 bits per heavy atom. The maximum Gasteiger partial charge on any atom is 0.223 e. The van der Waals surface area contributed by atoms with Crippen LogP contribution in [0.3, 0.4) is 0 Å². The number of carbonyl (C=O) groups excluding carboxylic acids is 1. The molecule has 1 rings (SSSR count). The number of rotatable bonds is 3. The first-order chi connectivity index (χ1) is 6.46. The molecular weight excluding hydrogens is 226 g/mol. The first kappa shape index (κ1) is 11.8. The largest absolute Gasteiger partial charge is 0.342 e. The lowest BCUT2D eigenvalue weighted by atomic mass is 10.2. The van der Waals surface area contributed by atoms with E-state index in [9.17, 15) is 13.2 Å². The minimum atomic E-state index is -2.92. The molecule has 0 aromatic heterocycles. The zero-order valence-corrected chi connectivity index (χ0v) is 9.64. The van der Waals surface area contributed by atoms with Crippen LogP contribution in [0.1, 0.15) is 12.8 Å². The monoisotopic (exact) mass is 239 g/mol. The van der Waals surface area contributed by atoms with Crippen molar-refractivity contribution in [2.24, 2.45) is 0 Å². The van der Waals surface area contributed by atoms with E-state index in [1.165, 1.54) is 4.90 Å². The molecule has 1 amide bonds. The van der Waals surface area contributed by atoms with Crippen molar-refractivity contribution >= 4 is 27.3 Å². The molecular formula is C8H14ClNO3S. The van der Waals surface area contributed by atoms with Gasteiger partial charge in [-0.2, -0.15) is 0 Å². The molecule has 0 saturated carbocycles. The first-order valence-corrected chi connectivity index (χ1v) is 6.84. The number of sulfone groups is 1. The summed E-state index contributed by atoms with van der Waals surface area (Å²) >= 11 is 5.44. The normalized spacial score (nSPS) is 24.9. The van der Waals surface area contributed by atoms with Gasteiger partial charge < -0.3 is 4.90 Å². The van der Waals surface area contributed by atoms with Crippen LogP contribution in [0.25, 0.3) is 0 Å². The molecule has 0 radical (unpaired) electrons. The predicted octanol–water partition coefficient (Wildman–Crippen LogP) is 0.261. The van der Waals surface area contributed by atoms with Crippen LogP contribution in [0.5, 0.6) is 0 Å². The second-order valence-corrected chi connectivity index (χ2v) is 6.11. The topological polar surface area (TPSA) is 54.5 Å². The van der Waals surface area contributed by atoms with Gasteiger partial charge in [-0.3, -0.25) is 4.79 Å². The predicted molar refractivity (Wildman–Crippen MR) is 55.2 cm³/mol. The Hall–Kier alpha value is -0.290. The van der Waals surface area contributed by atoms with Gasteiger partial charge >= 0.3 is 0 Å². The Labute approximate surface area is 89.1 Å². The molecule has 1 unspecified atom stereocenters. The van der Waals surface area contributed by atoms with Crippen molar-refractivity contribution in [2.45, 2.75) is 18.9 Å². The Morgan fingerprint density at radius 1 is 1.57 bits per heavy atom. The summed E-state index contributed by atoms with van der Waals surface area (Å²) < 4.78 is 22.3. The van der Waals surface area contributed by atoms with Crippen molar-refractivity contribution in [3.8, 4) is 0 Å². The summed E-state index contributed by atoms with van der Waals surface area (Å²) in [5, 5.41) is 0. The van der Waals surface area contributed by atoms with Gasteiger partial charge in [0.05, 0.1) is 11.5 Å². The van der Waals surface area contributed by atoms with Gasteiger partial charge in [-0.05, 0) is 6.42 Å². The molecule has 1 aliphatic rings. The van der Waals surface area contributed by atoms with E-state index >= 15 is 0 Å². The Morgan fingerprint density at radius 3 is 2.64 bits per heavy atom. The second kappa shape index (κ2) is 4.49. The molecule has 14 heavy (non-hydrogen) atoms. The molecule has 0 aliphatic carbocycles. The van der Waals surface area contributed by atoms with E-state index in [-0.39, 0.29) is 35.8 Å². The number of nitrogens with zero attached hydrogens (tertiary/aromatic N) is 1. The molecule has 0 spiro atoms. The fraction of sp³-hybridized carbons (Fsp3) is 0.875. The highest BCUT2D eigenvalue weighted by atomic mass is 35.5. The standard InChI is InChI=1S/C8H14ClNO3S/c1-10(8(11)2-4-9)7-3-5-14(12,13)6-7/h7H,2-6H2,1H3. The van der Waals surface area contributed by atoms with Crippen molar-refractivity contribution in [3.05, 3.63) is 0 Å². The van der Waals surface area contributed by atoms with Crippen molar-refractivity contribution in [1.29, 1.82) is 0 Å². The third kappa shape index (κ3) is 2.85. The van der Waals surface area contributed by atoms with E-state index in [1.807, 2.05) is 0 Å². The molecule has 1 heterocycles. The summed E-state index contributed by atoms with van der Waals surface area (Å²) in [4.78, 5) is 12.9. The number of hydrogen-bond donors (Lipinski definition) is 0. The van der Waals surface area contributed by atoms with Gasteiger partial charge in [0, 0.05) is 25.4 Å². The number of carbonyl (C=O) groups is 1. The van der Waals surface area contributed by atoms with Crippen molar-refractivity contribution in [1.82, 2.24) is 4.90 Å². The van der Waals surface area contributed by atoms with Crippen LogP contribution < -0.4 is 0 Å². The molecule has 0 bridgehead atoms. The van der Waals surface area contributed by atoms with Crippen LogP contribution in [0.2, 0.25) is 0 Å². The minimum absolute atomic E-state index is 0.0814. The highest BCUT2D eigenvalue weighted by Gasteiger charge is 2.32. The Balaban J connectivity index is 2.55. The summed E-state index contributed by atoms with van der Waals surface area (Å²) in [6.07, 6.45) is 0.821. The number of hydrogen-bond acceptors (Lipinski definition) is 3. The number of halogens is 1. The lowest BCUT2D eigenvalue weighted by molar-refractivity contribution is -0.131. The average Bonchev–Trinajstić information content (AvgIpc) is 2.45. The van der Waals surface area contributed by atoms with Crippen molar-refractivity contribution in [3.63, 3.8) is 0 Å². The molecule has 82 valence electrons. The van der Waals surface area contributed by atoms with E-state index < -0.39 is 9.84 Å². The van der Waals surface area contributed by atoms with Gasteiger partial charge in [0.15, 0.2) is 9.84 Å². The number of amides is 1. The zero-order chi connectivity index (χ0) is 10.8. The SMILES string of the molecule is CN(C(=O)CCCl)C1CCS(=O)(=O)C1. The molecule has 0 aromatic carbocycles. The van der Waals surface area contributed by atoms with Crippen LogP contribution in [0.15, 0.2) is 0 Å². The molecule has 4 nitrogen and oxygen atoms in total. The lowest BCUT2D eigenvalue weighted by Gasteiger charge is -2.22. The zero-order valence-electron chi connectivity index (χ0n) is 8.07. The van der Waals surface area contributed by atoms with Gasteiger partial charge in [-0.15, -0.1) is 11.6 Å². The van der Waals surface area contributed by atoms with Gasteiger partial charge in [0.1, 0.15) is 0 Å². The molecule has 1 aliphatic heterocycles. The Kier molecular flexibility index (Phi) is 3.78. The Bertz CT molecular complexity index is 315. The van der Waals surface area contributed by atoms with E-state index in [2.05, 4.69) is 0 Å². The average molecular weight is 240 g/mol. The fourth-order valence-corrected chi connectivity index (χ4v) is 3.48. The van der Waals surface area contributed by atoms with E-state index in [0.717, 1.165) is 0 Å². The lowest BCUT2D eigenvalue weighted by Crippen LogP contribution is -2.37. The maximum atomic E-state index is 11.4. The molecule has 1 atom stereocenters. The summed E-state index contributed by atoms with van der Waals surface area (Å²) in [7, 11) is -1.28. The van der Waals surface area contributed by atoms with Crippen molar-refractivity contribution in [2.75, 3.05) is 24.4 Å². The van der Waals surface area contributed by atoms with Crippen LogP contribution in [0, 0.1) is 0 Å². The first-order valence-electron chi connectivity index (χ1n) is 4.48. The van der Waals surface area contributed by atoms with Gasteiger partial charge in [-0.1, -0.05) is 0 Å². The third-order valence-corrected chi connectivity index (χ3v) is 4.40. The number of alkyl halides is 1. The molecule has 0 aromatic rings. The van der Waals surface area contributed by atoms with E-state index in [4.69, 9.17) is 11.6 Å². The summed E-state index contributed by atoms with van der Waals surface area (Å²) in [5.41, 5.74) is 0. The van der Waals surface area contributed by atoms with Crippen LogP contribution in [-0.2, 0) is 14.6 Å². The van der Waals surface area contributed by atoms with Crippen molar-refractivity contribution < 1.29 is 13.2 Å². The van der Waals surface area contributed by atoms with E-state index in [0.29, 0.717) is 6.42 Å². The smallest absolute Gasteiger partial charge is 0.223 e. The summed E-state index contributed by atoms with van der Waals surface area (Å²) in [5.74, 6) is 0.484. The van der Waals surface area contributed by atoms with Gasteiger partial charge in [0.25, 0.3) is 0 Å². The highest BCUT2D eigenvalue weighted by Crippen LogP contribution is 2.17. The van der Waals surface area contributed by atoms with Crippen LogP contribution in [-0.4, -0.2) is 49.7 Å². The quantitative estimate of drug-likeness (QED) is 0.664. The molecule has 1 fully saturated rings. The molecule has 0 N–H and O–H groups in total. The third-order valence-electron chi connectivity index (χ3n) is 2.46. The van der Waals surface area contributed by atoms with Gasteiger partial charge in [0.2, 0.25) is 5.91 Å². The summed E-state index contributed by atoms with van der Waals surface area (Å²) in [6.45, 7) is 0. The summed E-state index contributed by atoms with van der Waals surface area (Å²) in [6, 6.07) is -0.157. The molecule has 6 heteroatoms. The second-order valence-electron chi connectivity index (χ2n) is 3.50. The maximum absolute atomic E-state index is 11.4. The fourth-order valence-electron chi connectivity index (χ4n) is 1.54.